The third-order valence-corrected chi connectivity index (χ3v) is 25.5. The van der Waals surface area contributed by atoms with E-state index >= 15 is 0 Å². The third-order valence-electron chi connectivity index (χ3n) is 24.5. The van der Waals surface area contributed by atoms with E-state index in [4.69, 9.17) is 42.4 Å². The predicted molar refractivity (Wildman–Crippen MR) is 454 cm³/mol. The van der Waals surface area contributed by atoms with E-state index < -0.39 is 55.5 Å². The number of hydrogen-bond acceptors (Lipinski definition) is 18. The highest BCUT2D eigenvalue weighted by Crippen LogP contribution is 2.62. The first kappa shape index (κ1) is 93.3. The lowest BCUT2D eigenvalue weighted by atomic mass is 9.45. The van der Waals surface area contributed by atoms with Gasteiger partial charge in [0.25, 0.3) is 11.8 Å². The first-order chi connectivity index (χ1) is 52.2. The summed E-state index contributed by atoms with van der Waals surface area (Å²) in [6, 6.07) is 36.0. The molecule has 14 rings (SSSR count). The molecular formula is C87H124BBrCl2N8O14. The number of benzene rings is 6. The topological polar surface area (TPSA) is 288 Å². The first-order valence-electron chi connectivity index (χ1n) is 38.3. The molecule has 4 bridgehead atoms. The minimum absolute atomic E-state index is 0. The zero-order valence-electron chi connectivity index (χ0n) is 65.7. The summed E-state index contributed by atoms with van der Waals surface area (Å²) >= 11 is 16.6. The smallest absolute Gasteiger partial charge is 0.488 e. The van der Waals surface area contributed by atoms with E-state index in [1.165, 1.54) is 18.9 Å². The molecule has 6 aromatic rings. The molecule has 2 aliphatic heterocycles. The summed E-state index contributed by atoms with van der Waals surface area (Å²) in [5.41, 5.74) is 8.42. The lowest BCUT2D eigenvalue weighted by Crippen LogP contribution is -2.62. The number of carbonyl (C=O) groups excluding carboxylic acids is 4. The standard InChI is InChI=1S/C42H55ClN4O6.C25H36BrClN2O5.C17H21BN2O3.3CH4/c1-24-34-19-30(42(34,3)4)20-35(24)45-41(51)38-37(25(2)49)36(23-48)53-47(38)22-29-16-31(43)21-33(39(29)52-7)27-15-28(18-32(17-27)46(5)6)40(50)44-14-13-26-11-9-8-10-12-26;1-12-17-7-15(25(17,3)4)8-19(12)28-24(32)22-21(13(2)31)20(11-30)34-29(22)10-14-6-16(27)9-18(26)23(14)33-5;1-20(2)16-11-14(10-15(12-16)18(22)23)17(21)19-9-8-13-6-4-3-5-7-13;;;/h8-12,15-18,21,24-25,30,34-38,48-49H,13-14,19-20,22-23H2,1-7H3,(H,44,50)(H,45,51);6,9,12-13,15,17,19-22,30-31H,7-8,10-11H2,1-5H3,(H,28,32);3-7,10-12,22-23H,8-9H2,1-2H3,(H,19,21);3*1H4/t24-,25-,30+,34-,35-,36-,37+,38?;12-,13-,15+,17-,19-,20-,21+,22?;;;;/m00..../s1. The van der Waals surface area contributed by atoms with Crippen molar-refractivity contribution in [1.82, 2.24) is 31.4 Å². The van der Waals surface area contributed by atoms with E-state index in [1.54, 1.807) is 74.6 Å². The van der Waals surface area contributed by atoms with E-state index in [-0.39, 0.29) is 89.7 Å². The second-order valence-electron chi connectivity index (χ2n) is 32.4. The van der Waals surface area contributed by atoms with Crippen molar-refractivity contribution < 1.29 is 68.8 Å². The molecule has 2 unspecified atom stereocenters. The van der Waals surface area contributed by atoms with Gasteiger partial charge in [-0.2, -0.15) is 10.1 Å². The van der Waals surface area contributed by atoms with Crippen molar-refractivity contribution in [2.45, 2.75) is 178 Å². The highest BCUT2D eigenvalue weighted by Gasteiger charge is 2.59. The minimum Gasteiger partial charge on any atom is -0.496 e. The average Bonchev–Trinajstić information content (AvgIpc) is 1.57. The van der Waals surface area contributed by atoms with Crippen LogP contribution in [0.1, 0.15) is 146 Å². The van der Waals surface area contributed by atoms with Crippen LogP contribution < -0.4 is 46.0 Å². The average molecular weight is 1670 g/mol. The molecular weight excluding hydrogens is 1540 g/mol. The zero-order valence-corrected chi connectivity index (χ0v) is 68.8. The molecule has 4 amide bonds. The fraction of sp³-hybridized carbons (Fsp3) is 0.540. The summed E-state index contributed by atoms with van der Waals surface area (Å²) in [6.07, 6.45) is 2.50. The second-order valence-corrected chi connectivity index (χ2v) is 34.1. The normalized spacial score (nSPS) is 25.3. The van der Waals surface area contributed by atoms with Gasteiger partial charge in [-0.15, -0.1) is 0 Å². The third kappa shape index (κ3) is 21.3. The molecule has 113 heavy (non-hydrogen) atoms. The van der Waals surface area contributed by atoms with Crippen LogP contribution >= 0.6 is 39.1 Å². The Morgan fingerprint density at radius 2 is 1.00 bits per heavy atom. The van der Waals surface area contributed by atoms with E-state index in [2.05, 4.69) is 78.7 Å². The number of hydroxylamine groups is 4. The number of rotatable bonds is 26. The van der Waals surface area contributed by atoms with Gasteiger partial charge in [0.1, 0.15) is 35.8 Å². The fourth-order valence-corrected chi connectivity index (χ4v) is 19.2. The number of nitrogens with one attached hydrogen (secondary N) is 4. The van der Waals surface area contributed by atoms with Gasteiger partial charge >= 0.3 is 7.12 Å². The van der Waals surface area contributed by atoms with Crippen molar-refractivity contribution in [3.63, 3.8) is 0 Å². The predicted octanol–water partition coefficient (Wildman–Crippen LogP) is 11.8. The highest BCUT2D eigenvalue weighted by molar-refractivity contribution is 9.10. The molecule has 620 valence electrons. The summed E-state index contributed by atoms with van der Waals surface area (Å²) < 4.78 is 12.3. The Balaban J connectivity index is 0.000000253. The second kappa shape index (κ2) is 40.3. The molecule has 0 aromatic heterocycles. The van der Waals surface area contributed by atoms with E-state index in [0.29, 0.717) is 114 Å². The number of amides is 4. The summed E-state index contributed by atoms with van der Waals surface area (Å²) in [7, 11) is 9.04. The molecule has 10 N–H and O–H groups in total. The van der Waals surface area contributed by atoms with Crippen LogP contribution in [0.3, 0.4) is 0 Å². The number of carbonyl (C=O) groups is 4. The largest absolute Gasteiger partial charge is 0.496 e. The maximum Gasteiger partial charge on any atom is 0.488 e. The monoisotopic (exact) mass is 1660 g/mol. The van der Waals surface area contributed by atoms with Crippen LogP contribution in [0, 0.1) is 58.2 Å². The van der Waals surface area contributed by atoms with E-state index in [0.717, 1.165) is 52.9 Å². The number of aliphatic hydroxyl groups excluding tert-OH is 4. The lowest BCUT2D eigenvalue weighted by Gasteiger charge is -2.62. The number of methoxy groups -OCH3 is 2. The van der Waals surface area contributed by atoms with Gasteiger partial charge in [0.15, 0.2) is 0 Å². The number of halogens is 3. The Bertz CT molecular complexity index is 4140. The van der Waals surface area contributed by atoms with Gasteiger partial charge in [0, 0.05) is 114 Å². The van der Waals surface area contributed by atoms with E-state index in [9.17, 15) is 49.7 Å². The molecule has 8 aliphatic rings. The Hall–Kier alpha value is -6.88. The number of hydrogen-bond donors (Lipinski definition) is 10. The van der Waals surface area contributed by atoms with Crippen LogP contribution in [-0.2, 0) is 45.2 Å². The Kier molecular flexibility index (Phi) is 33.3. The quantitative estimate of drug-likeness (QED) is 0.0226. The molecule has 8 fully saturated rings. The van der Waals surface area contributed by atoms with Gasteiger partial charge in [-0.05, 0) is 197 Å². The summed E-state index contributed by atoms with van der Waals surface area (Å²) in [6.45, 7) is 17.7. The van der Waals surface area contributed by atoms with Gasteiger partial charge in [-0.25, -0.2) is 0 Å². The molecule has 2 saturated heterocycles. The molecule has 6 aliphatic carbocycles. The fourth-order valence-electron chi connectivity index (χ4n) is 18.0. The van der Waals surface area contributed by atoms with E-state index in [1.807, 2.05) is 117 Å². The lowest BCUT2D eigenvalue weighted by molar-refractivity contribution is -0.183. The Morgan fingerprint density at radius 1 is 0.593 bits per heavy atom. The minimum atomic E-state index is -1.61. The molecule has 6 saturated carbocycles. The van der Waals surface area contributed by atoms with Gasteiger partial charge in [-0.3, -0.25) is 28.9 Å². The van der Waals surface area contributed by atoms with Crippen molar-refractivity contribution in [2.24, 2.45) is 58.2 Å². The maximum atomic E-state index is 14.3. The molecule has 0 spiro atoms. The van der Waals surface area contributed by atoms with Crippen molar-refractivity contribution in [2.75, 3.05) is 78.5 Å². The van der Waals surface area contributed by atoms with Crippen LogP contribution in [0.25, 0.3) is 11.1 Å². The Labute approximate surface area is 689 Å². The molecule has 22 nitrogen and oxygen atoms in total. The van der Waals surface area contributed by atoms with Crippen LogP contribution in [0.2, 0.25) is 10.0 Å². The maximum absolute atomic E-state index is 14.3. The van der Waals surface area contributed by atoms with Crippen molar-refractivity contribution in [3.05, 3.63) is 169 Å². The number of fused-ring (bicyclic) bond motifs is 4. The SMILES string of the molecule is C.C.C.CN(C)c1cc(B(O)O)cc(C(=O)NCCc2ccccc2)c1.COc1c(Br)cc(Cl)cc1CN1O[C@@H](CO)[C@@H]([C@H](C)O)C1C(=O)N[C@H]1C[C@H]2C[C@@H]([C@@H]1C)C2(C)C.COc1c(CN2O[C@@H](CO)[C@@H]([C@H](C)O)C2C(=O)N[C@H]2C[C@H]3C[C@@H]([C@@H]2C)C3(C)C)cc(Cl)cc1-c1cc(C(=O)NCCc2ccccc2)cc(N(C)C)c1. The first-order valence-corrected chi connectivity index (χ1v) is 39.8. The van der Waals surface area contributed by atoms with Gasteiger partial charge in [0.05, 0.1) is 57.2 Å². The number of ether oxygens (including phenoxy) is 2. The van der Waals surface area contributed by atoms with Crippen LogP contribution in [0.15, 0.2) is 126 Å². The summed E-state index contributed by atoms with van der Waals surface area (Å²) in [4.78, 5) is 69.8. The van der Waals surface area contributed by atoms with Gasteiger partial charge in [0.2, 0.25) is 11.8 Å². The molecule has 2 heterocycles. The Morgan fingerprint density at radius 3 is 1.38 bits per heavy atom. The van der Waals surface area contributed by atoms with Crippen molar-refractivity contribution in [1.29, 1.82) is 0 Å². The zero-order chi connectivity index (χ0) is 80.0. The van der Waals surface area contributed by atoms with Gasteiger partial charge < -0.3 is 71.0 Å². The highest BCUT2D eigenvalue weighted by atomic mass is 79.9. The number of nitrogens with zero attached hydrogens (tertiary/aromatic N) is 4. The molecule has 0 radical (unpaired) electrons. The van der Waals surface area contributed by atoms with Crippen molar-refractivity contribution >= 4 is 86.7 Å². The van der Waals surface area contributed by atoms with Gasteiger partial charge in [-0.1, -0.05) is 148 Å². The molecule has 26 heteroatoms. The van der Waals surface area contributed by atoms with Crippen LogP contribution in [0.5, 0.6) is 11.5 Å². The van der Waals surface area contributed by atoms with Crippen molar-refractivity contribution in [3.8, 4) is 22.6 Å². The summed E-state index contributed by atoms with van der Waals surface area (Å²) in [5.74, 6) is 2.01. The summed E-state index contributed by atoms with van der Waals surface area (Å²) in [5, 5.41) is 77.2. The van der Waals surface area contributed by atoms with Crippen LogP contribution in [-0.4, -0.2) is 189 Å². The van der Waals surface area contributed by atoms with Crippen LogP contribution in [0.4, 0.5) is 11.4 Å². The number of anilines is 2. The molecule has 16 atom stereocenters. The molecule has 6 aromatic carbocycles. The number of aliphatic hydroxyl groups is 4.